The van der Waals surface area contributed by atoms with Crippen LogP contribution in [0.25, 0.3) is 10.2 Å². The van der Waals surface area contributed by atoms with Gasteiger partial charge < -0.3 is 15.3 Å². The molecule has 1 aromatic heterocycles. The Morgan fingerprint density at radius 3 is 3.10 bits per heavy atom. The lowest BCUT2D eigenvalue weighted by Gasteiger charge is -2.00. The molecule has 0 aliphatic heterocycles. The van der Waals surface area contributed by atoms with E-state index >= 15 is 0 Å². The van der Waals surface area contributed by atoms with Crippen LogP contribution in [0.2, 0.25) is 0 Å². The number of phenolic OH excluding ortho intramolecular Hbond substituents is 1. The number of oxime groups is 1. The Bertz CT molecular complexity index is 653. The topological polar surface area (TPSA) is 95.8 Å². The average Bonchev–Trinajstić information content (AvgIpc) is 2.78. The van der Waals surface area contributed by atoms with Gasteiger partial charge in [0.15, 0.2) is 5.13 Å². The van der Waals surface area contributed by atoms with Crippen molar-refractivity contribution in [3.05, 3.63) is 17.7 Å². The van der Waals surface area contributed by atoms with Crippen LogP contribution in [0.5, 0.6) is 5.75 Å². The standard InChI is InChI=1S/C12H14N4O3S/c1-3-13-11(18)16-12-15-9-5-8(17)4-7(6-14-19-2)10(9)20-12/h4-6,17H,3H2,1-2H3,(H2,13,15,16,18)/b14-6+. The molecule has 0 saturated carbocycles. The highest BCUT2D eigenvalue weighted by atomic mass is 32.1. The van der Waals surface area contributed by atoms with Crippen LogP contribution in [0.15, 0.2) is 17.3 Å². The van der Waals surface area contributed by atoms with Crippen LogP contribution in [0.3, 0.4) is 0 Å². The Morgan fingerprint density at radius 2 is 2.40 bits per heavy atom. The molecule has 7 nitrogen and oxygen atoms in total. The molecule has 2 amide bonds. The summed E-state index contributed by atoms with van der Waals surface area (Å²) in [6.45, 7) is 2.36. The minimum absolute atomic E-state index is 0.0740. The fraction of sp³-hybridized carbons (Fsp3) is 0.250. The van der Waals surface area contributed by atoms with E-state index in [0.717, 1.165) is 4.70 Å². The number of aromatic hydroxyl groups is 1. The molecule has 0 bridgehead atoms. The lowest BCUT2D eigenvalue weighted by Crippen LogP contribution is -2.28. The minimum atomic E-state index is -0.317. The molecule has 0 saturated heterocycles. The molecule has 0 unspecified atom stereocenters. The van der Waals surface area contributed by atoms with E-state index in [9.17, 15) is 9.90 Å². The van der Waals surface area contributed by atoms with Crippen molar-refractivity contribution in [1.29, 1.82) is 0 Å². The quantitative estimate of drug-likeness (QED) is 0.594. The molecule has 20 heavy (non-hydrogen) atoms. The summed E-state index contributed by atoms with van der Waals surface area (Å²) in [6, 6.07) is 2.76. The van der Waals surface area contributed by atoms with Gasteiger partial charge in [0, 0.05) is 18.2 Å². The molecule has 0 radical (unpaired) electrons. The maximum absolute atomic E-state index is 11.5. The Morgan fingerprint density at radius 1 is 1.60 bits per heavy atom. The second kappa shape index (κ2) is 6.20. The maximum atomic E-state index is 11.5. The molecule has 2 rings (SSSR count). The summed E-state index contributed by atoms with van der Waals surface area (Å²) in [5.41, 5.74) is 1.25. The van der Waals surface area contributed by atoms with Crippen LogP contribution in [0, 0.1) is 0 Å². The molecular formula is C12H14N4O3S. The van der Waals surface area contributed by atoms with Crippen molar-refractivity contribution in [2.24, 2.45) is 5.16 Å². The van der Waals surface area contributed by atoms with Gasteiger partial charge in [-0.3, -0.25) is 5.32 Å². The third-order valence-electron chi connectivity index (χ3n) is 2.36. The van der Waals surface area contributed by atoms with E-state index in [-0.39, 0.29) is 11.8 Å². The number of hydrogen-bond donors (Lipinski definition) is 3. The van der Waals surface area contributed by atoms with Gasteiger partial charge in [0.1, 0.15) is 12.9 Å². The van der Waals surface area contributed by atoms with Crippen LogP contribution < -0.4 is 10.6 Å². The zero-order chi connectivity index (χ0) is 14.5. The summed E-state index contributed by atoms with van der Waals surface area (Å²) in [7, 11) is 1.44. The average molecular weight is 294 g/mol. The van der Waals surface area contributed by atoms with Crippen LogP contribution in [-0.4, -0.2) is 36.0 Å². The number of hydrogen-bond acceptors (Lipinski definition) is 6. The summed E-state index contributed by atoms with van der Waals surface area (Å²) in [6.07, 6.45) is 1.48. The second-order valence-electron chi connectivity index (χ2n) is 3.80. The number of thiazole rings is 1. The van der Waals surface area contributed by atoms with Gasteiger partial charge in [-0.15, -0.1) is 0 Å². The van der Waals surface area contributed by atoms with E-state index < -0.39 is 0 Å². The first-order chi connectivity index (χ1) is 9.63. The van der Waals surface area contributed by atoms with E-state index in [1.165, 1.54) is 30.7 Å². The zero-order valence-corrected chi connectivity index (χ0v) is 11.8. The Hall–Kier alpha value is -2.35. The van der Waals surface area contributed by atoms with Crippen molar-refractivity contribution in [1.82, 2.24) is 10.3 Å². The highest BCUT2D eigenvalue weighted by Gasteiger charge is 2.11. The number of rotatable bonds is 4. The maximum Gasteiger partial charge on any atom is 0.321 e. The van der Waals surface area contributed by atoms with E-state index in [1.54, 1.807) is 6.07 Å². The number of nitrogens with zero attached hydrogens (tertiary/aromatic N) is 2. The van der Waals surface area contributed by atoms with Crippen molar-refractivity contribution in [3.8, 4) is 5.75 Å². The summed E-state index contributed by atoms with van der Waals surface area (Å²) >= 11 is 1.30. The molecule has 1 aromatic carbocycles. The minimum Gasteiger partial charge on any atom is -0.508 e. The van der Waals surface area contributed by atoms with Gasteiger partial charge in [-0.2, -0.15) is 0 Å². The molecule has 8 heteroatoms. The van der Waals surface area contributed by atoms with Gasteiger partial charge >= 0.3 is 6.03 Å². The number of urea groups is 1. The summed E-state index contributed by atoms with van der Waals surface area (Å²) in [4.78, 5) is 20.3. The number of carbonyl (C=O) groups excluding carboxylic acids is 1. The molecule has 0 spiro atoms. The van der Waals surface area contributed by atoms with Crippen molar-refractivity contribution in [3.63, 3.8) is 0 Å². The monoisotopic (exact) mass is 294 g/mol. The third-order valence-corrected chi connectivity index (χ3v) is 3.39. The highest BCUT2D eigenvalue weighted by molar-refractivity contribution is 7.22. The first-order valence-electron chi connectivity index (χ1n) is 5.89. The van der Waals surface area contributed by atoms with Crippen LogP contribution >= 0.6 is 11.3 Å². The number of amides is 2. The Balaban J connectivity index is 2.37. The van der Waals surface area contributed by atoms with Crippen LogP contribution in [0.4, 0.5) is 9.93 Å². The van der Waals surface area contributed by atoms with E-state index in [1.807, 2.05) is 6.92 Å². The van der Waals surface area contributed by atoms with Crippen molar-refractivity contribution >= 4 is 38.9 Å². The normalized spacial score (nSPS) is 10.9. The fourth-order valence-electron chi connectivity index (χ4n) is 1.60. The predicted octanol–water partition coefficient (Wildman–Crippen LogP) is 2.12. The summed E-state index contributed by atoms with van der Waals surface area (Å²) in [5, 5.41) is 19.0. The zero-order valence-electron chi connectivity index (χ0n) is 11.0. The second-order valence-corrected chi connectivity index (χ2v) is 4.80. The van der Waals surface area contributed by atoms with Crippen molar-refractivity contribution in [2.75, 3.05) is 19.0 Å². The highest BCUT2D eigenvalue weighted by Crippen LogP contribution is 2.31. The fourth-order valence-corrected chi connectivity index (χ4v) is 2.52. The first kappa shape index (κ1) is 14.1. The number of carbonyl (C=O) groups is 1. The van der Waals surface area contributed by atoms with Crippen molar-refractivity contribution in [2.45, 2.75) is 6.92 Å². The lowest BCUT2D eigenvalue weighted by molar-refractivity contribution is 0.215. The Labute approximate surface area is 119 Å². The molecule has 0 fully saturated rings. The number of aromatic nitrogens is 1. The summed E-state index contributed by atoms with van der Waals surface area (Å²) < 4.78 is 0.801. The van der Waals surface area contributed by atoms with E-state index in [2.05, 4.69) is 25.6 Å². The van der Waals surface area contributed by atoms with Crippen LogP contribution in [0.1, 0.15) is 12.5 Å². The number of anilines is 1. The van der Waals surface area contributed by atoms with Gasteiger partial charge in [-0.1, -0.05) is 16.5 Å². The number of nitrogens with one attached hydrogen (secondary N) is 2. The van der Waals surface area contributed by atoms with Gasteiger partial charge in [0.2, 0.25) is 0 Å². The van der Waals surface area contributed by atoms with Crippen LogP contribution in [-0.2, 0) is 4.84 Å². The third kappa shape index (κ3) is 3.15. The molecular weight excluding hydrogens is 280 g/mol. The van der Waals surface area contributed by atoms with Gasteiger partial charge in [0.05, 0.1) is 16.4 Å². The van der Waals surface area contributed by atoms with E-state index in [4.69, 9.17) is 0 Å². The molecule has 0 aliphatic carbocycles. The predicted molar refractivity (Wildman–Crippen MR) is 78.6 cm³/mol. The molecule has 0 atom stereocenters. The van der Waals surface area contributed by atoms with Gasteiger partial charge in [-0.25, -0.2) is 9.78 Å². The SMILES string of the molecule is CCNC(=O)Nc1nc2cc(O)cc(/C=N/OC)c2s1. The molecule has 106 valence electrons. The lowest BCUT2D eigenvalue weighted by atomic mass is 10.2. The number of phenols is 1. The van der Waals surface area contributed by atoms with Gasteiger partial charge in [0.25, 0.3) is 0 Å². The first-order valence-corrected chi connectivity index (χ1v) is 6.70. The smallest absolute Gasteiger partial charge is 0.321 e. The largest absolute Gasteiger partial charge is 0.508 e. The Kier molecular flexibility index (Phi) is 4.36. The summed E-state index contributed by atoms with van der Waals surface area (Å²) in [5.74, 6) is 0.0740. The molecule has 2 aromatic rings. The van der Waals surface area contributed by atoms with Gasteiger partial charge in [-0.05, 0) is 13.0 Å². The van der Waals surface area contributed by atoms with E-state index in [0.29, 0.717) is 22.8 Å². The number of benzene rings is 1. The number of fused-ring (bicyclic) bond motifs is 1. The van der Waals surface area contributed by atoms with Crippen molar-refractivity contribution < 1.29 is 14.7 Å². The molecule has 0 aliphatic rings. The molecule has 1 heterocycles. The molecule has 3 N–H and O–H groups in total.